The van der Waals surface area contributed by atoms with Crippen molar-refractivity contribution in [2.24, 2.45) is 11.8 Å². The molecule has 26 heavy (non-hydrogen) atoms. The van der Waals surface area contributed by atoms with Gasteiger partial charge in [-0.15, -0.1) is 0 Å². The molecular weight excluding hydrogens is 330 g/mol. The van der Waals surface area contributed by atoms with Crippen LogP contribution in [0.15, 0.2) is 0 Å². The maximum atomic E-state index is 12.5. The van der Waals surface area contributed by atoms with E-state index in [-0.39, 0.29) is 18.0 Å². The van der Waals surface area contributed by atoms with Crippen LogP contribution < -0.4 is 0 Å². The number of carbonyl (C=O) groups is 2. The van der Waals surface area contributed by atoms with Crippen LogP contribution in [0.2, 0.25) is 0 Å². The van der Waals surface area contributed by atoms with E-state index in [2.05, 4.69) is 6.92 Å². The van der Waals surface area contributed by atoms with E-state index in [0.29, 0.717) is 25.6 Å². The first-order chi connectivity index (χ1) is 12.3. The fourth-order valence-electron chi connectivity index (χ4n) is 3.53. The number of piperidine rings is 1. The topological polar surface area (TPSA) is 55.8 Å². The number of rotatable bonds is 9. The van der Waals surface area contributed by atoms with Crippen molar-refractivity contribution in [3.63, 3.8) is 0 Å². The first-order valence-corrected chi connectivity index (χ1v) is 10.4. The first kappa shape index (κ1) is 22.8. The molecule has 0 saturated carbocycles. The molecule has 1 amide bonds. The third kappa shape index (κ3) is 8.91. The molecule has 0 unspecified atom stereocenters. The summed E-state index contributed by atoms with van der Waals surface area (Å²) in [4.78, 5) is 26.4. The van der Waals surface area contributed by atoms with E-state index in [1.807, 2.05) is 27.7 Å². The Balaban J connectivity index is 2.59. The summed E-state index contributed by atoms with van der Waals surface area (Å²) in [5.41, 5.74) is -0.525. The number of esters is 1. The van der Waals surface area contributed by atoms with E-state index in [4.69, 9.17) is 9.47 Å². The molecule has 0 spiro atoms. The average molecular weight is 370 g/mol. The van der Waals surface area contributed by atoms with Crippen LogP contribution in [0.4, 0.5) is 4.79 Å². The monoisotopic (exact) mass is 369 g/mol. The van der Waals surface area contributed by atoms with Gasteiger partial charge in [-0.3, -0.25) is 4.79 Å². The molecule has 0 radical (unpaired) electrons. The highest BCUT2D eigenvalue weighted by atomic mass is 16.6. The second kappa shape index (κ2) is 11.5. The number of hydrogen-bond acceptors (Lipinski definition) is 4. The van der Waals surface area contributed by atoms with E-state index >= 15 is 0 Å². The number of likely N-dealkylation sites (tertiary alicyclic amines) is 1. The Morgan fingerprint density at radius 3 is 2.27 bits per heavy atom. The summed E-state index contributed by atoms with van der Waals surface area (Å²) >= 11 is 0. The summed E-state index contributed by atoms with van der Waals surface area (Å²) in [6.45, 7) is 11.1. The molecule has 0 aromatic carbocycles. The maximum absolute atomic E-state index is 12.5. The van der Waals surface area contributed by atoms with Crippen LogP contribution in [-0.2, 0) is 14.3 Å². The Bertz CT molecular complexity index is 430. The molecule has 152 valence electrons. The Labute approximate surface area is 159 Å². The lowest BCUT2D eigenvalue weighted by Crippen LogP contribution is -2.48. The highest BCUT2D eigenvalue weighted by Crippen LogP contribution is 2.28. The van der Waals surface area contributed by atoms with Crippen LogP contribution in [0, 0.1) is 11.8 Å². The van der Waals surface area contributed by atoms with Crippen LogP contribution in [0.25, 0.3) is 0 Å². The van der Waals surface area contributed by atoms with Crippen molar-refractivity contribution in [1.82, 2.24) is 4.90 Å². The van der Waals surface area contributed by atoms with E-state index in [1.165, 1.54) is 32.1 Å². The predicted octanol–water partition coefficient (Wildman–Crippen LogP) is 5.17. The summed E-state index contributed by atoms with van der Waals surface area (Å²) in [5, 5.41) is 0. The highest BCUT2D eigenvalue weighted by Gasteiger charge is 2.36. The van der Waals surface area contributed by atoms with Gasteiger partial charge in [0, 0.05) is 13.1 Å². The van der Waals surface area contributed by atoms with Gasteiger partial charge in [-0.1, -0.05) is 45.4 Å². The van der Waals surface area contributed by atoms with Crippen LogP contribution in [-0.4, -0.2) is 42.3 Å². The number of ether oxygens (including phenoxy) is 2. The molecule has 1 heterocycles. The molecule has 1 saturated heterocycles. The van der Waals surface area contributed by atoms with Crippen molar-refractivity contribution >= 4 is 12.1 Å². The lowest BCUT2D eigenvalue weighted by molar-refractivity contribution is -0.150. The normalized spacial score (nSPS) is 20.7. The lowest BCUT2D eigenvalue weighted by atomic mass is 9.86. The minimum Gasteiger partial charge on any atom is -0.466 e. The van der Waals surface area contributed by atoms with Gasteiger partial charge < -0.3 is 14.4 Å². The van der Waals surface area contributed by atoms with E-state index in [1.54, 1.807) is 4.90 Å². The average Bonchev–Trinajstić information content (AvgIpc) is 2.56. The molecule has 2 atom stereocenters. The van der Waals surface area contributed by atoms with Crippen molar-refractivity contribution in [3.8, 4) is 0 Å². The summed E-state index contributed by atoms with van der Waals surface area (Å²) < 4.78 is 10.7. The second-order valence-corrected chi connectivity index (χ2v) is 8.49. The largest absolute Gasteiger partial charge is 0.466 e. The summed E-state index contributed by atoms with van der Waals surface area (Å²) in [6.07, 6.45) is 9.08. The van der Waals surface area contributed by atoms with Gasteiger partial charge in [0.05, 0.1) is 12.5 Å². The van der Waals surface area contributed by atoms with Crippen molar-refractivity contribution < 1.29 is 19.1 Å². The fraction of sp³-hybridized carbons (Fsp3) is 0.905. The lowest BCUT2D eigenvalue weighted by Gasteiger charge is -2.37. The Morgan fingerprint density at radius 2 is 1.65 bits per heavy atom. The highest BCUT2D eigenvalue weighted by molar-refractivity contribution is 5.75. The second-order valence-electron chi connectivity index (χ2n) is 8.49. The van der Waals surface area contributed by atoms with Crippen LogP contribution >= 0.6 is 0 Å². The van der Waals surface area contributed by atoms with Gasteiger partial charge in [-0.25, -0.2) is 4.79 Å². The van der Waals surface area contributed by atoms with Crippen molar-refractivity contribution in [2.75, 3.05) is 19.7 Å². The Morgan fingerprint density at radius 1 is 1.00 bits per heavy atom. The number of hydrogen-bond donors (Lipinski definition) is 0. The molecule has 5 heteroatoms. The van der Waals surface area contributed by atoms with Crippen LogP contribution in [0.1, 0.15) is 86.0 Å². The molecule has 0 aromatic rings. The zero-order valence-electron chi connectivity index (χ0n) is 17.5. The number of amides is 1. The van der Waals surface area contributed by atoms with E-state index in [9.17, 15) is 9.59 Å². The first-order valence-electron chi connectivity index (χ1n) is 10.4. The molecule has 5 nitrogen and oxygen atoms in total. The smallest absolute Gasteiger partial charge is 0.410 e. The van der Waals surface area contributed by atoms with Crippen LogP contribution in [0.3, 0.4) is 0 Å². The van der Waals surface area contributed by atoms with Crippen molar-refractivity contribution in [1.29, 1.82) is 0 Å². The summed E-state index contributed by atoms with van der Waals surface area (Å²) in [6, 6.07) is 0. The van der Waals surface area contributed by atoms with Gasteiger partial charge in [0.1, 0.15) is 5.60 Å². The summed E-state index contributed by atoms with van der Waals surface area (Å²) in [5.74, 6) is -0.0770. The molecule has 1 aliphatic heterocycles. The quantitative estimate of drug-likeness (QED) is 0.415. The molecule has 1 rings (SSSR count). The molecule has 0 bridgehead atoms. The van der Waals surface area contributed by atoms with Gasteiger partial charge in [0.15, 0.2) is 0 Å². The molecule has 1 fully saturated rings. The van der Waals surface area contributed by atoms with Gasteiger partial charge in [-0.05, 0) is 46.5 Å². The third-order valence-electron chi connectivity index (χ3n) is 4.77. The van der Waals surface area contributed by atoms with Crippen LogP contribution in [0.5, 0.6) is 0 Å². The predicted molar refractivity (Wildman–Crippen MR) is 104 cm³/mol. The standard InChI is InChI=1S/C21H39NO4/c1-6-8-9-10-11-12-13-17-14-18(19(23)25-7-2)16-22(15-17)20(24)26-21(3,4)5/h17-18H,6-16H2,1-5H3/t17-,18+/m1/s1. The molecule has 1 aliphatic rings. The molecule has 0 aliphatic carbocycles. The minimum atomic E-state index is -0.525. The molecular formula is C21H39NO4. The number of carbonyl (C=O) groups excluding carboxylic acids is 2. The van der Waals surface area contributed by atoms with Gasteiger partial charge in [0.25, 0.3) is 0 Å². The van der Waals surface area contributed by atoms with Gasteiger partial charge in [-0.2, -0.15) is 0 Å². The van der Waals surface area contributed by atoms with Crippen molar-refractivity contribution in [3.05, 3.63) is 0 Å². The zero-order chi connectivity index (χ0) is 19.6. The van der Waals surface area contributed by atoms with Crippen molar-refractivity contribution in [2.45, 2.75) is 91.6 Å². The SMILES string of the molecule is CCCCCCCC[C@@H]1C[C@H](C(=O)OCC)CN(C(=O)OC(C)(C)C)C1. The fourth-order valence-corrected chi connectivity index (χ4v) is 3.53. The number of unbranched alkanes of at least 4 members (excludes halogenated alkanes) is 5. The summed E-state index contributed by atoms with van der Waals surface area (Å²) in [7, 11) is 0. The third-order valence-corrected chi connectivity index (χ3v) is 4.77. The molecule has 0 N–H and O–H groups in total. The zero-order valence-corrected chi connectivity index (χ0v) is 17.5. The van der Waals surface area contributed by atoms with E-state index in [0.717, 1.165) is 19.3 Å². The molecule has 0 aromatic heterocycles. The Kier molecular flexibility index (Phi) is 10.0. The van der Waals surface area contributed by atoms with Gasteiger partial charge in [0.2, 0.25) is 0 Å². The maximum Gasteiger partial charge on any atom is 0.410 e. The number of nitrogens with zero attached hydrogens (tertiary/aromatic N) is 1. The van der Waals surface area contributed by atoms with E-state index < -0.39 is 5.60 Å². The van der Waals surface area contributed by atoms with Gasteiger partial charge >= 0.3 is 12.1 Å². The Hall–Kier alpha value is -1.26. The minimum absolute atomic E-state index is 0.186.